The summed E-state index contributed by atoms with van der Waals surface area (Å²) in [7, 11) is 0. The van der Waals surface area contributed by atoms with E-state index in [1.54, 1.807) is 0 Å². The lowest BCUT2D eigenvalue weighted by atomic mass is 10.00. The molecule has 1 aliphatic rings. The summed E-state index contributed by atoms with van der Waals surface area (Å²) in [5, 5.41) is 13.3. The molecule has 0 aromatic heterocycles. The van der Waals surface area contributed by atoms with Gasteiger partial charge in [-0.1, -0.05) is 43.9 Å². The summed E-state index contributed by atoms with van der Waals surface area (Å²) >= 11 is 0. The van der Waals surface area contributed by atoms with E-state index < -0.39 is 0 Å². The molecule has 0 bridgehead atoms. The van der Waals surface area contributed by atoms with Crippen molar-refractivity contribution < 1.29 is 5.11 Å². The van der Waals surface area contributed by atoms with Crippen molar-refractivity contribution in [3.8, 4) is 0 Å². The fourth-order valence-corrected chi connectivity index (χ4v) is 2.71. The molecule has 17 heavy (non-hydrogen) atoms. The van der Waals surface area contributed by atoms with E-state index in [1.165, 1.54) is 31.2 Å². The lowest BCUT2D eigenvalue weighted by Gasteiger charge is -2.17. The summed E-state index contributed by atoms with van der Waals surface area (Å²) in [4.78, 5) is 0. The van der Waals surface area contributed by atoms with Crippen LogP contribution in [0.3, 0.4) is 0 Å². The second-order valence-corrected chi connectivity index (χ2v) is 5.24. The Morgan fingerprint density at radius 2 is 2.00 bits per heavy atom. The SMILES string of the molecule is Cc1ccccc1NCC(O)CC1CCCC1. The van der Waals surface area contributed by atoms with Crippen LogP contribution in [0.2, 0.25) is 0 Å². The predicted molar refractivity (Wildman–Crippen MR) is 72.3 cm³/mol. The van der Waals surface area contributed by atoms with Crippen molar-refractivity contribution in [1.82, 2.24) is 0 Å². The number of nitrogens with one attached hydrogen (secondary N) is 1. The van der Waals surface area contributed by atoms with Gasteiger partial charge in [-0.2, -0.15) is 0 Å². The van der Waals surface area contributed by atoms with Crippen molar-refractivity contribution in [1.29, 1.82) is 0 Å². The van der Waals surface area contributed by atoms with Gasteiger partial charge in [0.25, 0.3) is 0 Å². The molecule has 1 unspecified atom stereocenters. The molecule has 1 saturated carbocycles. The molecule has 1 aromatic rings. The molecule has 0 saturated heterocycles. The molecule has 1 aromatic carbocycles. The van der Waals surface area contributed by atoms with E-state index in [2.05, 4.69) is 24.4 Å². The van der Waals surface area contributed by atoms with Crippen molar-refractivity contribution in [2.24, 2.45) is 5.92 Å². The molecule has 2 heteroatoms. The zero-order valence-electron chi connectivity index (χ0n) is 10.7. The van der Waals surface area contributed by atoms with Crippen LogP contribution in [0.4, 0.5) is 5.69 Å². The van der Waals surface area contributed by atoms with E-state index in [0.29, 0.717) is 6.54 Å². The van der Waals surface area contributed by atoms with E-state index in [0.717, 1.165) is 18.0 Å². The second-order valence-electron chi connectivity index (χ2n) is 5.24. The number of para-hydroxylation sites is 1. The third-order valence-corrected chi connectivity index (χ3v) is 3.75. The van der Waals surface area contributed by atoms with Crippen molar-refractivity contribution in [3.05, 3.63) is 29.8 Å². The van der Waals surface area contributed by atoms with Crippen LogP contribution < -0.4 is 5.32 Å². The highest BCUT2D eigenvalue weighted by Gasteiger charge is 2.18. The maximum absolute atomic E-state index is 10.00. The second kappa shape index (κ2) is 6.06. The molecule has 0 radical (unpaired) electrons. The number of aliphatic hydroxyl groups excluding tert-OH is 1. The minimum Gasteiger partial charge on any atom is -0.391 e. The first-order valence-corrected chi connectivity index (χ1v) is 6.73. The standard InChI is InChI=1S/C15H23NO/c1-12-6-2-5-9-15(12)16-11-14(17)10-13-7-3-4-8-13/h2,5-6,9,13-14,16-17H,3-4,7-8,10-11H2,1H3. The van der Waals surface area contributed by atoms with Crippen molar-refractivity contribution in [2.75, 3.05) is 11.9 Å². The van der Waals surface area contributed by atoms with E-state index in [1.807, 2.05) is 12.1 Å². The Kier molecular flexibility index (Phi) is 4.43. The van der Waals surface area contributed by atoms with Gasteiger partial charge >= 0.3 is 0 Å². The average molecular weight is 233 g/mol. The first-order chi connectivity index (χ1) is 8.25. The highest BCUT2D eigenvalue weighted by Crippen LogP contribution is 2.28. The molecule has 2 N–H and O–H groups in total. The molecule has 1 fully saturated rings. The summed E-state index contributed by atoms with van der Waals surface area (Å²) in [6.45, 7) is 2.76. The first-order valence-electron chi connectivity index (χ1n) is 6.73. The quantitative estimate of drug-likeness (QED) is 0.817. The summed E-state index contributed by atoms with van der Waals surface area (Å²) in [5.41, 5.74) is 2.37. The van der Waals surface area contributed by atoms with Crippen LogP contribution in [0, 0.1) is 12.8 Å². The predicted octanol–water partition coefficient (Wildman–Crippen LogP) is 3.35. The van der Waals surface area contributed by atoms with E-state index in [9.17, 15) is 5.11 Å². The minimum absolute atomic E-state index is 0.210. The molecule has 94 valence electrons. The van der Waals surface area contributed by atoms with Gasteiger partial charge in [-0.3, -0.25) is 0 Å². The number of aryl methyl sites for hydroxylation is 1. The number of hydrogen-bond donors (Lipinski definition) is 2. The van der Waals surface area contributed by atoms with Gasteiger partial charge in [0.15, 0.2) is 0 Å². The van der Waals surface area contributed by atoms with E-state index in [-0.39, 0.29) is 6.10 Å². The number of hydrogen-bond acceptors (Lipinski definition) is 2. The van der Waals surface area contributed by atoms with Gasteiger partial charge in [0.1, 0.15) is 0 Å². The molecular weight excluding hydrogens is 210 g/mol. The minimum atomic E-state index is -0.210. The summed E-state index contributed by atoms with van der Waals surface area (Å²) in [6, 6.07) is 8.22. The lowest BCUT2D eigenvalue weighted by Crippen LogP contribution is -2.22. The van der Waals surface area contributed by atoms with E-state index in [4.69, 9.17) is 0 Å². The number of rotatable bonds is 5. The number of anilines is 1. The average Bonchev–Trinajstić information content (AvgIpc) is 2.81. The van der Waals surface area contributed by atoms with Crippen LogP contribution in [0.25, 0.3) is 0 Å². The van der Waals surface area contributed by atoms with Crippen LogP contribution in [0.1, 0.15) is 37.7 Å². The summed E-state index contributed by atoms with van der Waals surface area (Å²) in [6.07, 6.45) is 6.06. The monoisotopic (exact) mass is 233 g/mol. The smallest absolute Gasteiger partial charge is 0.0715 e. The Morgan fingerprint density at radius 1 is 1.29 bits per heavy atom. The van der Waals surface area contributed by atoms with Gasteiger partial charge in [0, 0.05) is 12.2 Å². The largest absolute Gasteiger partial charge is 0.391 e. The Morgan fingerprint density at radius 3 is 2.71 bits per heavy atom. The van der Waals surface area contributed by atoms with Gasteiger partial charge < -0.3 is 10.4 Å². The first kappa shape index (κ1) is 12.4. The highest BCUT2D eigenvalue weighted by molar-refractivity contribution is 5.50. The fraction of sp³-hybridized carbons (Fsp3) is 0.600. The van der Waals surface area contributed by atoms with Gasteiger partial charge in [-0.25, -0.2) is 0 Å². The maximum Gasteiger partial charge on any atom is 0.0715 e. The van der Waals surface area contributed by atoms with Crippen LogP contribution in [-0.2, 0) is 0 Å². The third-order valence-electron chi connectivity index (χ3n) is 3.75. The number of benzene rings is 1. The van der Waals surface area contributed by atoms with Crippen molar-refractivity contribution in [2.45, 2.75) is 45.1 Å². The molecule has 0 spiro atoms. The molecule has 2 nitrogen and oxygen atoms in total. The Labute approximate surface area is 104 Å². The normalized spacial score (nSPS) is 18.2. The molecule has 1 atom stereocenters. The zero-order valence-corrected chi connectivity index (χ0v) is 10.7. The molecule has 1 aliphatic carbocycles. The zero-order chi connectivity index (χ0) is 12.1. The lowest BCUT2D eigenvalue weighted by molar-refractivity contribution is 0.155. The van der Waals surface area contributed by atoms with Crippen LogP contribution >= 0.6 is 0 Å². The molecule has 0 aliphatic heterocycles. The van der Waals surface area contributed by atoms with Gasteiger partial charge in [0.05, 0.1) is 6.10 Å². The van der Waals surface area contributed by atoms with Crippen LogP contribution in [-0.4, -0.2) is 17.8 Å². The topological polar surface area (TPSA) is 32.3 Å². The summed E-state index contributed by atoms with van der Waals surface area (Å²) in [5.74, 6) is 0.753. The van der Waals surface area contributed by atoms with Crippen molar-refractivity contribution >= 4 is 5.69 Å². The molecular formula is C15H23NO. The van der Waals surface area contributed by atoms with Gasteiger partial charge in [-0.05, 0) is 30.9 Å². The van der Waals surface area contributed by atoms with Crippen LogP contribution in [0.5, 0.6) is 0 Å². The highest BCUT2D eigenvalue weighted by atomic mass is 16.3. The summed E-state index contributed by atoms with van der Waals surface area (Å²) < 4.78 is 0. The Bertz CT molecular complexity index is 345. The fourth-order valence-electron chi connectivity index (χ4n) is 2.71. The van der Waals surface area contributed by atoms with E-state index >= 15 is 0 Å². The van der Waals surface area contributed by atoms with Gasteiger partial charge in [-0.15, -0.1) is 0 Å². The maximum atomic E-state index is 10.00. The number of aliphatic hydroxyl groups is 1. The molecule has 0 amide bonds. The molecule has 0 heterocycles. The van der Waals surface area contributed by atoms with Crippen molar-refractivity contribution in [3.63, 3.8) is 0 Å². The Hall–Kier alpha value is -1.02. The molecule has 2 rings (SSSR count). The Balaban J connectivity index is 1.75. The van der Waals surface area contributed by atoms with Gasteiger partial charge in [0.2, 0.25) is 0 Å². The van der Waals surface area contributed by atoms with Crippen LogP contribution in [0.15, 0.2) is 24.3 Å². The third kappa shape index (κ3) is 3.74.